The van der Waals surface area contributed by atoms with Crippen LogP contribution in [0.3, 0.4) is 0 Å². The fourth-order valence-electron chi connectivity index (χ4n) is 1.95. The van der Waals surface area contributed by atoms with Crippen LogP contribution in [-0.2, 0) is 6.42 Å². The molecule has 0 amide bonds. The Bertz CT molecular complexity index is 657. The Morgan fingerprint density at radius 3 is 2.75 bits per heavy atom. The standard InChI is InChI=1S/C15H16N4S/c1-2-9-16-14-8-7-11(18-19-14)10-15-17-12-5-3-4-6-13(12)20-15/h3-8H,2,9-10H2,1H3,(H,16,19). The van der Waals surface area contributed by atoms with Crippen molar-refractivity contribution in [3.05, 3.63) is 47.1 Å². The summed E-state index contributed by atoms with van der Waals surface area (Å²) in [6.07, 6.45) is 1.82. The maximum Gasteiger partial charge on any atom is 0.148 e. The number of hydrogen-bond donors (Lipinski definition) is 1. The molecule has 0 saturated heterocycles. The molecule has 0 radical (unpaired) electrons. The second-order valence-corrected chi connectivity index (χ2v) is 5.70. The van der Waals surface area contributed by atoms with Gasteiger partial charge in [0.25, 0.3) is 0 Å². The van der Waals surface area contributed by atoms with E-state index in [2.05, 4.69) is 33.5 Å². The molecule has 0 aliphatic heterocycles. The molecule has 1 N–H and O–H groups in total. The number of para-hydroxylation sites is 1. The van der Waals surface area contributed by atoms with E-state index in [1.807, 2.05) is 30.3 Å². The molecule has 0 bridgehead atoms. The normalized spacial score (nSPS) is 10.8. The minimum absolute atomic E-state index is 0.737. The summed E-state index contributed by atoms with van der Waals surface area (Å²) < 4.78 is 1.22. The third-order valence-corrected chi connectivity index (χ3v) is 3.98. The van der Waals surface area contributed by atoms with E-state index in [0.29, 0.717) is 0 Å². The Hall–Kier alpha value is -2.01. The van der Waals surface area contributed by atoms with E-state index in [1.165, 1.54) is 4.70 Å². The molecule has 0 aliphatic rings. The summed E-state index contributed by atoms with van der Waals surface area (Å²) in [7, 11) is 0. The Balaban J connectivity index is 1.73. The third kappa shape index (κ3) is 2.93. The maximum atomic E-state index is 4.62. The van der Waals surface area contributed by atoms with Crippen LogP contribution in [-0.4, -0.2) is 21.7 Å². The first-order chi connectivity index (χ1) is 9.85. The molecule has 2 aromatic heterocycles. The minimum Gasteiger partial charge on any atom is -0.369 e. The van der Waals surface area contributed by atoms with Gasteiger partial charge in [0, 0.05) is 13.0 Å². The van der Waals surface area contributed by atoms with Gasteiger partial charge in [0.1, 0.15) is 5.82 Å². The first kappa shape index (κ1) is 13.0. The fraction of sp³-hybridized carbons (Fsp3) is 0.267. The van der Waals surface area contributed by atoms with Gasteiger partial charge in [-0.2, -0.15) is 5.10 Å². The fourth-order valence-corrected chi connectivity index (χ4v) is 2.93. The van der Waals surface area contributed by atoms with Crippen LogP contribution in [0.4, 0.5) is 5.82 Å². The van der Waals surface area contributed by atoms with Crippen molar-refractivity contribution in [1.29, 1.82) is 0 Å². The summed E-state index contributed by atoms with van der Waals surface area (Å²) in [4.78, 5) is 4.62. The summed E-state index contributed by atoms with van der Waals surface area (Å²) in [5.41, 5.74) is 2.01. The number of aromatic nitrogens is 3. The molecule has 20 heavy (non-hydrogen) atoms. The smallest absolute Gasteiger partial charge is 0.148 e. The Morgan fingerprint density at radius 1 is 1.10 bits per heavy atom. The van der Waals surface area contributed by atoms with Gasteiger partial charge in [-0.3, -0.25) is 0 Å². The van der Waals surface area contributed by atoms with Gasteiger partial charge in [0.05, 0.1) is 20.9 Å². The molecule has 0 aliphatic carbocycles. The lowest BCUT2D eigenvalue weighted by Crippen LogP contribution is -2.04. The van der Waals surface area contributed by atoms with Gasteiger partial charge in [-0.15, -0.1) is 16.4 Å². The van der Waals surface area contributed by atoms with E-state index in [0.717, 1.165) is 41.4 Å². The lowest BCUT2D eigenvalue weighted by atomic mass is 10.3. The summed E-state index contributed by atoms with van der Waals surface area (Å²) >= 11 is 1.72. The summed E-state index contributed by atoms with van der Waals surface area (Å²) in [5, 5.41) is 12.7. The number of benzene rings is 1. The lowest BCUT2D eigenvalue weighted by molar-refractivity contribution is 0.908. The van der Waals surface area contributed by atoms with Gasteiger partial charge >= 0.3 is 0 Å². The number of fused-ring (bicyclic) bond motifs is 1. The first-order valence-electron chi connectivity index (χ1n) is 6.76. The number of thiazole rings is 1. The molecule has 5 heteroatoms. The second kappa shape index (κ2) is 5.96. The molecule has 0 fully saturated rings. The maximum absolute atomic E-state index is 4.62. The number of nitrogens with zero attached hydrogens (tertiary/aromatic N) is 3. The van der Waals surface area contributed by atoms with Gasteiger partial charge in [0.15, 0.2) is 0 Å². The zero-order valence-corrected chi connectivity index (χ0v) is 12.2. The molecule has 0 saturated carbocycles. The highest BCUT2D eigenvalue weighted by Gasteiger charge is 2.05. The van der Waals surface area contributed by atoms with Crippen molar-refractivity contribution in [2.45, 2.75) is 19.8 Å². The van der Waals surface area contributed by atoms with Crippen LogP contribution in [0.5, 0.6) is 0 Å². The summed E-state index contributed by atoms with van der Waals surface area (Å²) in [6.45, 7) is 3.05. The highest BCUT2D eigenvalue weighted by atomic mass is 32.1. The average Bonchev–Trinajstić information content (AvgIpc) is 2.89. The van der Waals surface area contributed by atoms with Gasteiger partial charge in [-0.1, -0.05) is 19.1 Å². The molecule has 102 valence electrons. The van der Waals surface area contributed by atoms with Crippen LogP contribution in [0, 0.1) is 0 Å². The van der Waals surface area contributed by atoms with Crippen molar-refractivity contribution < 1.29 is 0 Å². The van der Waals surface area contributed by atoms with E-state index in [4.69, 9.17) is 0 Å². The predicted octanol–water partition coefficient (Wildman–Crippen LogP) is 3.50. The topological polar surface area (TPSA) is 50.7 Å². The lowest BCUT2D eigenvalue weighted by Gasteiger charge is -2.02. The van der Waals surface area contributed by atoms with E-state index in [1.54, 1.807) is 11.3 Å². The van der Waals surface area contributed by atoms with Crippen LogP contribution in [0.15, 0.2) is 36.4 Å². The Kier molecular flexibility index (Phi) is 3.87. The zero-order valence-electron chi connectivity index (χ0n) is 11.3. The van der Waals surface area contributed by atoms with Crippen LogP contribution in [0.25, 0.3) is 10.2 Å². The molecule has 2 heterocycles. The van der Waals surface area contributed by atoms with E-state index in [9.17, 15) is 0 Å². The van der Waals surface area contributed by atoms with Crippen molar-refractivity contribution in [2.24, 2.45) is 0 Å². The van der Waals surface area contributed by atoms with Crippen molar-refractivity contribution in [3.63, 3.8) is 0 Å². The van der Waals surface area contributed by atoms with Gasteiger partial charge < -0.3 is 5.32 Å². The van der Waals surface area contributed by atoms with Crippen LogP contribution in [0.1, 0.15) is 24.0 Å². The van der Waals surface area contributed by atoms with Crippen molar-refractivity contribution in [3.8, 4) is 0 Å². The predicted molar refractivity (Wildman–Crippen MR) is 83.2 cm³/mol. The highest BCUT2D eigenvalue weighted by molar-refractivity contribution is 7.18. The second-order valence-electron chi connectivity index (χ2n) is 4.59. The minimum atomic E-state index is 0.737. The van der Waals surface area contributed by atoms with Gasteiger partial charge in [-0.05, 0) is 30.7 Å². The molecule has 3 rings (SSSR count). The van der Waals surface area contributed by atoms with Crippen LogP contribution >= 0.6 is 11.3 Å². The molecule has 3 aromatic rings. The first-order valence-corrected chi connectivity index (χ1v) is 7.57. The molecule has 4 nitrogen and oxygen atoms in total. The monoisotopic (exact) mass is 284 g/mol. The average molecular weight is 284 g/mol. The number of anilines is 1. The molecule has 1 aromatic carbocycles. The van der Waals surface area contributed by atoms with Crippen LogP contribution in [0.2, 0.25) is 0 Å². The van der Waals surface area contributed by atoms with Gasteiger partial charge in [0.2, 0.25) is 0 Å². The van der Waals surface area contributed by atoms with E-state index < -0.39 is 0 Å². The Morgan fingerprint density at radius 2 is 2.00 bits per heavy atom. The third-order valence-electron chi connectivity index (χ3n) is 2.95. The quantitative estimate of drug-likeness (QED) is 0.779. The van der Waals surface area contributed by atoms with Gasteiger partial charge in [-0.25, -0.2) is 4.98 Å². The number of hydrogen-bond acceptors (Lipinski definition) is 5. The molecule has 0 unspecified atom stereocenters. The van der Waals surface area contributed by atoms with Crippen LogP contribution < -0.4 is 5.32 Å². The molecular weight excluding hydrogens is 268 g/mol. The van der Waals surface area contributed by atoms with Crippen molar-refractivity contribution >= 4 is 27.4 Å². The SMILES string of the molecule is CCCNc1ccc(Cc2nc3ccccc3s2)nn1. The summed E-state index contributed by atoms with van der Waals surface area (Å²) in [6, 6.07) is 12.2. The Labute approximate surface area is 121 Å². The molecule has 0 atom stereocenters. The zero-order chi connectivity index (χ0) is 13.8. The number of rotatable bonds is 5. The van der Waals surface area contributed by atoms with Crippen molar-refractivity contribution in [2.75, 3.05) is 11.9 Å². The number of nitrogens with one attached hydrogen (secondary N) is 1. The summed E-state index contributed by atoms with van der Waals surface area (Å²) in [5.74, 6) is 0.833. The largest absolute Gasteiger partial charge is 0.369 e. The van der Waals surface area contributed by atoms with Crippen molar-refractivity contribution in [1.82, 2.24) is 15.2 Å². The molecule has 0 spiro atoms. The van der Waals surface area contributed by atoms with E-state index in [-0.39, 0.29) is 0 Å². The molecular formula is C15H16N4S. The highest BCUT2D eigenvalue weighted by Crippen LogP contribution is 2.23. The van der Waals surface area contributed by atoms with E-state index >= 15 is 0 Å².